The molecule has 18 heavy (non-hydrogen) atoms. The van der Waals surface area contributed by atoms with Crippen LogP contribution in [0.15, 0.2) is 52.6 Å². The van der Waals surface area contributed by atoms with E-state index in [0.29, 0.717) is 0 Å². The number of aromatic amines is 1. The number of H-pyrrole nitrogens is 1. The van der Waals surface area contributed by atoms with Crippen molar-refractivity contribution in [2.75, 3.05) is 0 Å². The Morgan fingerprint density at radius 1 is 1.17 bits per heavy atom. The third-order valence-corrected chi connectivity index (χ3v) is 3.77. The van der Waals surface area contributed by atoms with Gasteiger partial charge in [0, 0.05) is 6.07 Å². The highest BCUT2D eigenvalue weighted by molar-refractivity contribution is 7.13. The van der Waals surface area contributed by atoms with Gasteiger partial charge in [0.1, 0.15) is 0 Å². The highest BCUT2D eigenvalue weighted by atomic mass is 32.1. The fourth-order valence-corrected chi connectivity index (χ4v) is 2.64. The number of hydrogen-bond donors (Lipinski definition) is 1. The van der Waals surface area contributed by atoms with Gasteiger partial charge in [-0.2, -0.15) is 0 Å². The maximum absolute atomic E-state index is 12.0. The number of aryl methyl sites for hydroxylation is 1. The number of thiophene rings is 1. The van der Waals surface area contributed by atoms with E-state index in [1.54, 1.807) is 22.1 Å². The van der Waals surface area contributed by atoms with Crippen LogP contribution in [-0.2, 0) is 0 Å². The number of hydrogen-bond acceptors (Lipinski definition) is 2. The van der Waals surface area contributed by atoms with E-state index in [4.69, 9.17) is 0 Å². The molecule has 0 saturated carbocycles. The standard InChI is InChI=1S/C14H12N2OS/c1-10-5-2-3-6-12(10)16-14(17)9-11(15-16)13-7-4-8-18-13/h2-9,15H,1H3. The van der Waals surface area contributed by atoms with Gasteiger partial charge in [0.25, 0.3) is 5.56 Å². The summed E-state index contributed by atoms with van der Waals surface area (Å²) in [6.45, 7) is 1.99. The van der Waals surface area contributed by atoms with Crippen molar-refractivity contribution in [1.82, 2.24) is 9.78 Å². The first-order valence-electron chi connectivity index (χ1n) is 5.67. The van der Waals surface area contributed by atoms with Crippen LogP contribution in [0.4, 0.5) is 0 Å². The number of para-hydroxylation sites is 1. The van der Waals surface area contributed by atoms with Gasteiger partial charge in [-0.05, 0) is 30.0 Å². The van der Waals surface area contributed by atoms with Gasteiger partial charge in [0.05, 0.1) is 16.3 Å². The van der Waals surface area contributed by atoms with E-state index in [1.807, 2.05) is 48.7 Å². The van der Waals surface area contributed by atoms with Crippen molar-refractivity contribution < 1.29 is 0 Å². The van der Waals surface area contributed by atoms with Crippen molar-refractivity contribution in [2.45, 2.75) is 6.92 Å². The lowest BCUT2D eigenvalue weighted by molar-refractivity contribution is 0.846. The highest BCUT2D eigenvalue weighted by Crippen LogP contribution is 2.22. The molecule has 0 fully saturated rings. The smallest absolute Gasteiger partial charge is 0.271 e. The first-order valence-corrected chi connectivity index (χ1v) is 6.55. The second-order valence-electron chi connectivity index (χ2n) is 4.11. The summed E-state index contributed by atoms with van der Waals surface area (Å²) in [5, 5.41) is 5.15. The SMILES string of the molecule is Cc1ccccc1-n1[nH]c(-c2cccs2)cc1=O. The molecule has 0 aliphatic rings. The topological polar surface area (TPSA) is 37.8 Å². The van der Waals surface area contributed by atoms with Gasteiger partial charge in [0.15, 0.2) is 0 Å². The Morgan fingerprint density at radius 2 is 2.00 bits per heavy atom. The summed E-state index contributed by atoms with van der Waals surface area (Å²) in [5.74, 6) is 0. The van der Waals surface area contributed by atoms with Gasteiger partial charge >= 0.3 is 0 Å². The van der Waals surface area contributed by atoms with Crippen molar-refractivity contribution in [2.24, 2.45) is 0 Å². The van der Waals surface area contributed by atoms with Crippen LogP contribution in [0.1, 0.15) is 5.56 Å². The van der Waals surface area contributed by atoms with Crippen molar-refractivity contribution in [3.8, 4) is 16.3 Å². The van der Waals surface area contributed by atoms with Crippen LogP contribution in [0.25, 0.3) is 16.3 Å². The van der Waals surface area contributed by atoms with E-state index in [1.165, 1.54) is 0 Å². The largest absolute Gasteiger partial charge is 0.289 e. The number of nitrogens with one attached hydrogen (secondary N) is 1. The third kappa shape index (κ3) is 1.80. The van der Waals surface area contributed by atoms with Gasteiger partial charge in [0.2, 0.25) is 0 Å². The molecule has 0 bridgehead atoms. The molecule has 4 heteroatoms. The molecule has 3 nitrogen and oxygen atoms in total. The Hall–Kier alpha value is -2.07. The minimum atomic E-state index is -0.0345. The van der Waals surface area contributed by atoms with Crippen molar-refractivity contribution in [1.29, 1.82) is 0 Å². The molecule has 0 aliphatic carbocycles. The molecule has 2 aromatic heterocycles. The zero-order valence-electron chi connectivity index (χ0n) is 9.88. The fraction of sp³-hybridized carbons (Fsp3) is 0.0714. The summed E-state index contributed by atoms with van der Waals surface area (Å²) < 4.78 is 1.59. The van der Waals surface area contributed by atoms with Gasteiger partial charge in [-0.3, -0.25) is 9.89 Å². The molecule has 0 amide bonds. The Bertz CT molecular complexity index is 722. The summed E-state index contributed by atoms with van der Waals surface area (Å²) in [6.07, 6.45) is 0. The zero-order chi connectivity index (χ0) is 12.5. The molecule has 0 unspecified atom stereocenters. The average molecular weight is 256 g/mol. The normalized spacial score (nSPS) is 10.7. The molecular formula is C14H12N2OS. The highest BCUT2D eigenvalue weighted by Gasteiger charge is 2.08. The summed E-state index contributed by atoms with van der Waals surface area (Å²) in [5.41, 5.74) is 2.79. The van der Waals surface area contributed by atoms with Crippen molar-refractivity contribution in [3.05, 3.63) is 63.8 Å². The Balaban J connectivity index is 2.15. The molecule has 3 rings (SSSR count). The lowest BCUT2D eigenvalue weighted by Gasteiger charge is -2.05. The Kier molecular flexibility index (Phi) is 2.64. The summed E-state index contributed by atoms with van der Waals surface area (Å²) in [6, 6.07) is 13.4. The minimum absolute atomic E-state index is 0.0345. The van der Waals surface area contributed by atoms with Crippen LogP contribution in [-0.4, -0.2) is 9.78 Å². The van der Waals surface area contributed by atoms with E-state index >= 15 is 0 Å². The first-order chi connectivity index (χ1) is 8.75. The van der Waals surface area contributed by atoms with Gasteiger partial charge in [-0.1, -0.05) is 24.3 Å². The second-order valence-corrected chi connectivity index (χ2v) is 5.05. The molecule has 0 radical (unpaired) electrons. The summed E-state index contributed by atoms with van der Waals surface area (Å²) in [4.78, 5) is 13.1. The maximum atomic E-state index is 12.0. The second kappa shape index (κ2) is 4.31. The van der Waals surface area contributed by atoms with Crippen LogP contribution < -0.4 is 5.56 Å². The van der Waals surface area contributed by atoms with Gasteiger partial charge in [-0.25, -0.2) is 4.68 Å². The monoisotopic (exact) mass is 256 g/mol. The molecule has 2 heterocycles. The number of aromatic nitrogens is 2. The average Bonchev–Trinajstić information content (AvgIpc) is 2.99. The van der Waals surface area contributed by atoms with E-state index in [-0.39, 0.29) is 5.56 Å². The van der Waals surface area contributed by atoms with Gasteiger partial charge in [-0.15, -0.1) is 11.3 Å². The molecule has 0 saturated heterocycles. The molecule has 90 valence electrons. The van der Waals surface area contributed by atoms with E-state index in [9.17, 15) is 4.79 Å². The number of benzene rings is 1. The molecule has 3 aromatic rings. The lowest BCUT2D eigenvalue weighted by atomic mass is 10.2. The number of rotatable bonds is 2. The van der Waals surface area contributed by atoms with E-state index in [2.05, 4.69) is 5.10 Å². The number of nitrogens with zero attached hydrogens (tertiary/aromatic N) is 1. The lowest BCUT2D eigenvalue weighted by Crippen LogP contribution is -2.14. The molecule has 0 spiro atoms. The van der Waals surface area contributed by atoms with E-state index in [0.717, 1.165) is 21.8 Å². The molecule has 0 aliphatic heterocycles. The van der Waals surface area contributed by atoms with Gasteiger partial charge < -0.3 is 0 Å². The third-order valence-electron chi connectivity index (χ3n) is 2.86. The first kappa shape index (κ1) is 11.0. The van der Waals surface area contributed by atoms with Crippen LogP contribution >= 0.6 is 11.3 Å². The summed E-state index contributed by atoms with van der Waals surface area (Å²) in [7, 11) is 0. The molecule has 1 aromatic carbocycles. The molecule has 0 atom stereocenters. The fourth-order valence-electron chi connectivity index (χ4n) is 1.95. The minimum Gasteiger partial charge on any atom is -0.289 e. The maximum Gasteiger partial charge on any atom is 0.271 e. The zero-order valence-corrected chi connectivity index (χ0v) is 10.7. The van der Waals surface area contributed by atoms with Crippen LogP contribution in [0.3, 0.4) is 0 Å². The molecule has 1 N–H and O–H groups in total. The molecular weight excluding hydrogens is 244 g/mol. The van der Waals surface area contributed by atoms with Crippen molar-refractivity contribution in [3.63, 3.8) is 0 Å². The van der Waals surface area contributed by atoms with Crippen LogP contribution in [0, 0.1) is 6.92 Å². The predicted octanol–water partition coefficient (Wildman–Crippen LogP) is 3.20. The van der Waals surface area contributed by atoms with Crippen LogP contribution in [0.5, 0.6) is 0 Å². The quantitative estimate of drug-likeness (QED) is 0.751. The summed E-state index contributed by atoms with van der Waals surface area (Å²) >= 11 is 1.61. The predicted molar refractivity (Wildman–Crippen MR) is 74.4 cm³/mol. The Labute approximate surface area is 108 Å². The van der Waals surface area contributed by atoms with Crippen LogP contribution in [0.2, 0.25) is 0 Å². The van der Waals surface area contributed by atoms with Crippen molar-refractivity contribution >= 4 is 11.3 Å². The van der Waals surface area contributed by atoms with E-state index < -0.39 is 0 Å². The Morgan fingerprint density at radius 3 is 2.72 bits per heavy atom.